The normalized spacial score (nSPS) is 18.9. The van der Waals surface area contributed by atoms with Crippen molar-refractivity contribution in [1.82, 2.24) is 4.90 Å². The Morgan fingerprint density at radius 1 is 0.839 bits per heavy atom. The summed E-state index contributed by atoms with van der Waals surface area (Å²) in [5.41, 5.74) is 4.88. The number of benzene rings is 3. The Labute approximate surface area is 188 Å². The van der Waals surface area contributed by atoms with E-state index in [1.807, 2.05) is 60.7 Å². The number of nitriles is 2. The predicted molar refractivity (Wildman–Crippen MR) is 124 cm³/mol. The maximum atomic E-state index is 9.15. The standard InChI is InChI=1S/C26H23ClN4/c1-19-16-30(17-22-4-2-20(14-28)3-5-22)18-26(23-8-10-24(27)11-9-23)31(19)25-12-6-21(15-29)7-13-25/h2-13,19,26H,16-18H2,1H3/t19-,26+/m1/s1. The third-order valence-corrected chi connectivity index (χ3v) is 6.05. The minimum Gasteiger partial charge on any atom is -0.359 e. The van der Waals surface area contributed by atoms with E-state index in [0.717, 1.165) is 30.3 Å². The summed E-state index contributed by atoms with van der Waals surface area (Å²) in [6.07, 6.45) is 0. The molecule has 0 amide bonds. The van der Waals surface area contributed by atoms with Crippen LogP contribution < -0.4 is 4.90 Å². The lowest BCUT2D eigenvalue weighted by molar-refractivity contribution is 0.187. The average Bonchev–Trinajstić information content (AvgIpc) is 2.80. The fourth-order valence-electron chi connectivity index (χ4n) is 4.34. The second kappa shape index (κ2) is 9.23. The highest BCUT2D eigenvalue weighted by atomic mass is 35.5. The highest BCUT2D eigenvalue weighted by molar-refractivity contribution is 6.30. The quantitative estimate of drug-likeness (QED) is 0.550. The van der Waals surface area contributed by atoms with Crippen molar-refractivity contribution in [3.8, 4) is 12.1 Å². The molecule has 4 nitrogen and oxygen atoms in total. The van der Waals surface area contributed by atoms with Crippen molar-refractivity contribution in [1.29, 1.82) is 10.5 Å². The Kier molecular flexibility index (Phi) is 6.23. The first kappa shape index (κ1) is 20.9. The first-order valence-corrected chi connectivity index (χ1v) is 10.7. The zero-order chi connectivity index (χ0) is 21.8. The maximum Gasteiger partial charge on any atom is 0.0991 e. The van der Waals surface area contributed by atoms with Gasteiger partial charge in [-0.1, -0.05) is 35.9 Å². The smallest absolute Gasteiger partial charge is 0.0991 e. The van der Waals surface area contributed by atoms with Crippen LogP contribution in [0.1, 0.15) is 35.2 Å². The van der Waals surface area contributed by atoms with E-state index >= 15 is 0 Å². The molecule has 0 spiro atoms. The van der Waals surface area contributed by atoms with Crippen molar-refractivity contribution < 1.29 is 0 Å². The fraction of sp³-hybridized carbons (Fsp3) is 0.231. The van der Waals surface area contributed by atoms with Crippen LogP contribution in [0.5, 0.6) is 0 Å². The van der Waals surface area contributed by atoms with Gasteiger partial charge in [-0.25, -0.2) is 0 Å². The van der Waals surface area contributed by atoms with Crippen LogP contribution >= 0.6 is 11.6 Å². The van der Waals surface area contributed by atoms with E-state index in [9.17, 15) is 0 Å². The number of piperazine rings is 1. The lowest BCUT2D eigenvalue weighted by Crippen LogP contribution is -2.53. The molecule has 154 valence electrons. The zero-order valence-electron chi connectivity index (χ0n) is 17.4. The summed E-state index contributed by atoms with van der Waals surface area (Å²) in [7, 11) is 0. The van der Waals surface area contributed by atoms with E-state index in [-0.39, 0.29) is 12.1 Å². The van der Waals surface area contributed by atoms with Crippen molar-refractivity contribution in [3.05, 3.63) is 100 Å². The van der Waals surface area contributed by atoms with E-state index in [4.69, 9.17) is 22.1 Å². The Balaban J connectivity index is 1.63. The van der Waals surface area contributed by atoms with Crippen LogP contribution in [0.4, 0.5) is 5.69 Å². The molecule has 31 heavy (non-hydrogen) atoms. The molecular weight excluding hydrogens is 404 g/mol. The molecule has 0 saturated carbocycles. The summed E-state index contributed by atoms with van der Waals surface area (Å²) < 4.78 is 0. The Hall–Kier alpha value is -3.31. The Morgan fingerprint density at radius 2 is 1.42 bits per heavy atom. The molecule has 1 heterocycles. The van der Waals surface area contributed by atoms with Crippen molar-refractivity contribution in [2.45, 2.75) is 25.6 Å². The fourth-order valence-corrected chi connectivity index (χ4v) is 4.47. The van der Waals surface area contributed by atoms with Crippen LogP contribution in [0.15, 0.2) is 72.8 Å². The minimum absolute atomic E-state index is 0.160. The topological polar surface area (TPSA) is 54.1 Å². The number of hydrogen-bond donors (Lipinski definition) is 0. The van der Waals surface area contributed by atoms with Gasteiger partial charge in [0.1, 0.15) is 0 Å². The number of anilines is 1. The van der Waals surface area contributed by atoms with Gasteiger partial charge in [-0.05, 0) is 66.6 Å². The molecule has 1 aliphatic rings. The molecular formula is C26H23ClN4. The van der Waals surface area contributed by atoms with Gasteiger partial charge in [0.05, 0.1) is 29.3 Å². The van der Waals surface area contributed by atoms with Crippen molar-refractivity contribution >= 4 is 17.3 Å². The summed E-state index contributed by atoms with van der Waals surface area (Å²) in [6.45, 7) is 4.86. The SMILES string of the molecule is C[C@@H]1CN(Cc2ccc(C#N)cc2)C[C@@H](c2ccc(Cl)cc2)N1c1ccc(C#N)cc1. The number of halogens is 1. The molecule has 0 aromatic heterocycles. The van der Waals surface area contributed by atoms with Crippen molar-refractivity contribution in [2.24, 2.45) is 0 Å². The molecule has 1 aliphatic heterocycles. The van der Waals surface area contributed by atoms with Crippen LogP contribution in [0.3, 0.4) is 0 Å². The van der Waals surface area contributed by atoms with Crippen LogP contribution in [0.2, 0.25) is 5.02 Å². The first-order valence-electron chi connectivity index (χ1n) is 10.3. The molecule has 0 bridgehead atoms. The molecule has 1 saturated heterocycles. The van der Waals surface area contributed by atoms with Gasteiger partial charge < -0.3 is 4.90 Å². The maximum absolute atomic E-state index is 9.15. The van der Waals surface area contributed by atoms with Gasteiger partial charge in [0.25, 0.3) is 0 Å². The van der Waals surface area contributed by atoms with E-state index in [2.05, 4.69) is 41.0 Å². The molecule has 0 radical (unpaired) electrons. The number of nitrogens with zero attached hydrogens (tertiary/aromatic N) is 4. The Bertz CT molecular complexity index is 1110. The van der Waals surface area contributed by atoms with Gasteiger partial charge in [-0.15, -0.1) is 0 Å². The van der Waals surface area contributed by atoms with Crippen molar-refractivity contribution in [3.63, 3.8) is 0 Å². The van der Waals surface area contributed by atoms with E-state index in [1.54, 1.807) is 0 Å². The minimum atomic E-state index is 0.160. The molecule has 0 N–H and O–H groups in total. The summed E-state index contributed by atoms with van der Waals surface area (Å²) in [6, 6.07) is 28.6. The van der Waals surface area contributed by atoms with Gasteiger partial charge >= 0.3 is 0 Å². The van der Waals surface area contributed by atoms with Gasteiger partial charge in [-0.2, -0.15) is 10.5 Å². The van der Waals surface area contributed by atoms with E-state index < -0.39 is 0 Å². The third kappa shape index (κ3) is 4.72. The summed E-state index contributed by atoms with van der Waals surface area (Å²) >= 11 is 6.15. The van der Waals surface area contributed by atoms with Gasteiger partial charge in [0.15, 0.2) is 0 Å². The largest absolute Gasteiger partial charge is 0.359 e. The third-order valence-electron chi connectivity index (χ3n) is 5.80. The first-order chi connectivity index (χ1) is 15.1. The molecule has 4 rings (SSSR count). The summed E-state index contributed by atoms with van der Waals surface area (Å²) in [5.74, 6) is 0. The van der Waals surface area contributed by atoms with Gasteiger partial charge in [-0.3, -0.25) is 4.90 Å². The molecule has 0 unspecified atom stereocenters. The molecule has 2 atom stereocenters. The van der Waals surface area contributed by atoms with Crippen molar-refractivity contribution in [2.75, 3.05) is 18.0 Å². The average molecular weight is 427 g/mol. The lowest BCUT2D eigenvalue weighted by atomic mass is 9.97. The summed E-state index contributed by atoms with van der Waals surface area (Å²) in [5, 5.41) is 18.9. The van der Waals surface area contributed by atoms with Crippen LogP contribution in [0.25, 0.3) is 0 Å². The van der Waals surface area contributed by atoms with Crippen LogP contribution in [-0.4, -0.2) is 24.0 Å². The second-order valence-corrected chi connectivity index (χ2v) is 8.42. The highest BCUT2D eigenvalue weighted by Crippen LogP contribution is 2.35. The molecule has 1 fully saturated rings. The van der Waals surface area contributed by atoms with Crippen LogP contribution in [0, 0.1) is 22.7 Å². The number of rotatable bonds is 4. The predicted octanol–water partition coefficient (Wildman–Crippen LogP) is 5.54. The van der Waals surface area contributed by atoms with E-state index in [0.29, 0.717) is 11.1 Å². The molecule has 3 aromatic rings. The highest BCUT2D eigenvalue weighted by Gasteiger charge is 2.33. The van der Waals surface area contributed by atoms with Gasteiger partial charge in [0, 0.05) is 36.4 Å². The van der Waals surface area contributed by atoms with Gasteiger partial charge in [0.2, 0.25) is 0 Å². The second-order valence-electron chi connectivity index (χ2n) is 7.99. The molecule has 0 aliphatic carbocycles. The molecule has 3 aromatic carbocycles. The summed E-state index contributed by atoms with van der Waals surface area (Å²) in [4.78, 5) is 4.91. The lowest BCUT2D eigenvalue weighted by Gasteiger charge is -2.47. The zero-order valence-corrected chi connectivity index (χ0v) is 18.1. The molecule has 5 heteroatoms. The number of hydrogen-bond acceptors (Lipinski definition) is 4. The van der Waals surface area contributed by atoms with E-state index in [1.165, 1.54) is 11.1 Å². The van der Waals surface area contributed by atoms with Crippen LogP contribution in [-0.2, 0) is 6.54 Å². The monoisotopic (exact) mass is 426 g/mol. The Morgan fingerprint density at radius 3 is 2.00 bits per heavy atom.